The first-order valence-electron chi connectivity index (χ1n) is 8.76. The zero-order valence-corrected chi connectivity index (χ0v) is 17.5. The molecule has 0 aromatic heterocycles. The Balaban J connectivity index is 5.20. The first-order chi connectivity index (χ1) is 12.1. The number of rotatable bonds is 7. The number of carbonyl (C=O) groups is 4. The van der Waals surface area contributed by atoms with Crippen LogP contribution in [0.5, 0.6) is 0 Å². The van der Waals surface area contributed by atoms with Crippen molar-refractivity contribution in [2.75, 3.05) is 20.2 Å². The zero-order chi connectivity index (χ0) is 21.4. The highest BCUT2D eigenvalue weighted by Crippen LogP contribution is 2.12. The number of alkyl carbamates (subject to hydrolysis) is 1. The lowest BCUT2D eigenvalue weighted by atomic mass is 10.1. The third-order valence-corrected chi connectivity index (χ3v) is 2.83. The van der Waals surface area contributed by atoms with E-state index in [9.17, 15) is 19.2 Å². The average molecular weight is 388 g/mol. The van der Waals surface area contributed by atoms with Crippen LogP contribution in [0.4, 0.5) is 4.79 Å². The summed E-state index contributed by atoms with van der Waals surface area (Å²) >= 11 is 0. The summed E-state index contributed by atoms with van der Waals surface area (Å²) < 4.78 is 15.1. The van der Waals surface area contributed by atoms with E-state index in [0.29, 0.717) is 0 Å². The molecule has 0 aliphatic heterocycles. The third kappa shape index (κ3) is 11.8. The van der Waals surface area contributed by atoms with Gasteiger partial charge in [0, 0.05) is 7.05 Å². The van der Waals surface area contributed by atoms with E-state index in [4.69, 9.17) is 14.2 Å². The smallest absolute Gasteiger partial charge is 0.408 e. The van der Waals surface area contributed by atoms with Crippen molar-refractivity contribution in [1.82, 2.24) is 10.2 Å². The van der Waals surface area contributed by atoms with Crippen molar-refractivity contribution in [3.05, 3.63) is 0 Å². The number of esters is 2. The Labute approximate surface area is 160 Å². The maximum atomic E-state index is 12.6. The number of hydrogen-bond acceptors (Lipinski definition) is 7. The van der Waals surface area contributed by atoms with Gasteiger partial charge in [0.1, 0.15) is 23.8 Å². The summed E-state index contributed by atoms with van der Waals surface area (Å²) in [5.74, 6) is -1.90. The van der Waals surface area contributed by atoms with Crippen molar-refractivity contribution in [2.24, 2.45) is 0 Å². The van der Waals surface area contributed by atoms with Gasteiger partial charge in [0.05, 0.1) is 13.0 Å². The fourth-order valence-corrected chi connectivity index (χ4v) is 1.94. The minimum absolute atomic E-state index is 0.179. The Morgan fingerprint density at radius 1 is 0.926 bits per heavy atom. The molecule has 9 nitrogen and oxygen atoms in total. The van der Waals surface area contributed by atoms with Crippen LogP contribution in [0, 0.1) is 0 Å². The Hall–Kier alpha value is -2.32. The molecule has 0 unspecified atom stereocenters. The monoisotopic (exact) mass is 388 g/mol. The fourth-order valence-electron chi connectivity index (χ4n) is 1.94. The van der Waals surface area contributed by atoms with E-state index in [1.165, 1.54) is 7.05 Å². The van der Waals surface area contributed by atoms with Crippen LogP contribution in [0.2, 0.25) is 0 Å². The first-order valence-corrected chi connectivity index (χ1v) is 8.76. The average Bonchev–Trinajstić information content (AvgIpc) is 2.41. The first kappa shape index (κ1) is 24.7. The van der Waals surface area contributed by atoms with Crippen LogP contribution in [0.3, 0.4) is 0 Å². The van der Waals surface area contributed by atoms with Crippen molar-refractivity contribution in [1.29, 1.82) is 0 Å². The number of carbonyl (C=O) groups excluding carboxylic acids is 4. The zero-order valence-electron chi connectivity index (χ0n) is 17.5. The van der Waals surface area contributed by atoms with Crippen LogP contribution in [0.1, 0.15) is 54.9 Å². The van der Waals surface area contributed by atoms with E-state index in [0.717, 1.165) is 4.90 Å². The molecule has 0 aliphatic rings. The minimum atomic E-state index is -1.24. The number of nitrogens with one attached hydrogen (secondary N) is 1. The second-order valence-electron chi connectivity index (χ2n) is 7.99. The van der Waals surface area contributed by atoms with Gasteiger partial charge in [-0.2, -0.15) is 0 Å². The molecule has 0 saturated heterocycles. The van der Waals surface area contributed by atoms with Crippen molar-refractivity contribution in [2.45, 2.75) is 72.1 Å². The van der Waals surface area contributed by atoms with E-state index in [1.54, 1.807) is 48.5 Å². The van der Waals surface area contributed by atoms with Gasteiger partial charge in [-0.05, 0) is 48.5 Å². The number of likely N-dealkylation sites (N-methyl/N-ethyl adjacent to an activating group) is 1. The second kappa shape index (κ2) is 10.1. The van der Waals surface area contributed by atoms with Crippen molar-refractivity contribution in [3.63, 3.8) is 0 Å². The molecule has 1 N–H and O–H groups in total. The van der Waals surface area contributed by atoms with Crippen LogP contribution >= 0.6 is 0 Å². The number of amides is 2. The molecule has 0 aliphatic carbocycles. The van der Waals surface area contributed by atoms with Crippen LogP contribution in [-0.4, -0.2) is 66.3 Å². The highest BCUT2D eigenvalue weighted by molar-refractivity contribution is 5.91. The molecule has 0 saturated carbocycles. The summed E-state index contributed by atoms with van der Waals surface area (Å²) in [7, 11) is 1.37. The minimum Gasteiger partial charge on any atom is -0.465 e. The number of nitrogens with zero attached hydrogens (tertiary/aromatic N) is 1. The quantitative estimate of drug-likeness (QED) is 0.521. The Bertz CT molecular complexity index is 517. The SMILES string of the molecule is CCOC(=O)CN(C)C(=O)[C@H](CC(=O)OC(C)(C)C)NC(=O)OC(C)(C)C. The molecule has 27 heavy (non-hydrogen) atoms. The maximum Gasteiger partial charge on any atom is 0.408 e. The normalized spacial score (nSPS) is 12.6. The summed E-state index contributed by atoms with van der Waals surface area (Å²) in [6, 6.07) is -1.24. The molecule has 0 fully saturated rings. The Morgan fingerprint density at radius 3 is 1.89 bits per heavy atom. The molecule has 0 bridgehead atoms. The molecule has 1 atom stereocenters. The van der Waals surface area contributed by atoms with Gasteiger partial charge >= 0.3 is 18.0 Å². The molecular weight excluding hydrogens is 356 g/mol. The largest absolute Gasteiger partial charge is 0.465 e. The van der Waals surface area contributed by atoms with E-state index in [-0.39, 0.29) is 13.2 Å². The van der Waals surface area contributed by atoms with E-state index >= 15 is 0 Å². The van der Waals surface area contributed by atoms with Gasteiger partial charge in [0.15, 0.2) is 0 Å². The lowest BCUT2D eigenvalue weighted by molar-refractivity contribution is -0.157. The van der Waals surface area contributed by atoms with Crippen molar-refractivity contribution < 1.29 is 33.4 Å². The van der Waals surface area contributed by atoms with E-state index in [1.807, 2.05) is 0 Å². The van der Waals surface area contributed by atoms with Gasteiger partial charge < -0.3 is 24.4 Å². The summed E-state index contributed by atoms with van der Waals surface area (Å²) in [4.78, 5) is 49.4. The number of hydrogen-bond donors (Lipinski definition) is 1. The molecule has 0 radical (unpaired) electrons. The molecule has 9 heteroatoms. The third-order valence-electron chi connectivity index (χ3n) is 2.83. The highest BCUT2D eigenvalue weighted by atomic mass is 16.6. The van der Waals surface area contributed by atoms with Gasteiger partial charge in [-0.15, -0.1) is 0 Å². The van der Waals surface area contributed by atoms with Crippen LogP contribution in [-0.2, 0) is 28.6 Å². The van der Waals surface area contributed by atoms with Gasteiger partial charge in [-0.25, -0.2) is 4.79 Å². The van der Waals surface area contributed by atoms with E-state index in [2.05, 4.69) is 5.32 Å². The van der Waals surface area contributed by atoms with Gasteiger partial charge in [0.2, 0.25) is 5.91 Å². The molecular formula is C18H32N2O7. The Morgan fingerprint density at radius 2 is 1.44 bits per heavy atom. The summed E-state index contributed by atoms with van der Waals surface area (Å²) in [5, 5.41) is 2.37. The molecule has 0 aromatic rings. The van der Waals surface area contributed by atoms with Crippen LogP contribution in [0.15, 0.2) is 0 Å². The van der Waals surface area contributed by atoms with E-state index < -0.39 is 47.6 Å². The molecule has 0 spiro atoms. The number of ether oxygens (including phenoxy) is 3. The molecule has 2 amide bonds. The summed E-state index contributed by atoms with van der Waals surface area (Å²) in [6.45, 7) is 11.6. The predicted molar refractivity (Wildman–Crippen MR) is 97.9 cm³/mol. The van der Waals surface area contributed by atoms with Crippen LogP contribution < -0.4 is 5.32 Å². The van der Waals surface area contributed by atoms with Crippen LogP contribution in [0.25, 0.3) is 0 Å². The fraction of sp³-hybridized carbons (Fsp3) is 0.778. The molecule has 0 aromatic carbocycles. The summed E-state index contributed by atoms with van der Waals surface area (Å²) in [5.41, 5.74) is -1.52. The molecule has 156 valence electrons. The van der Waals surface area contributed by atoms with Gasteiger partial charge in [0.25, 0.3) is 0 Å². The van der Waals surface area contributed by atoms with Gasteiger partial charge in [-0.3, -0.25) is 14.4 Å². The lowest BCUT2D eigenvalue weighted by Crippen LogP contribution is -2.51. The van der Waals surface area contributed by atoms with Crippen molar-refractivity contribution >= 4 is 23.9 Å². The standard InChI is InChI=1S/C18H32N2O7/c1-9-25-14(22)11-20(8)15(23)12(10-13(21)26-17(2,3)4)19-16(24)27-18(5,6)7/h12H,9-11H2,1-8H3,(H,19,24)/t12-/m0/s1. The Kier molecular flexibility index (Phi) is 9.26. The topological polar surface area (TPSA) is 111 Å². The lowest BCUT2D eigenvalue weighted by Gasteiger charge is -2.27. The van der Waals surface area contributed by atoms with Crippen molar-refractivity contribution in [3.8, 4) is 0 Å². The summed E-state index contributed by atoms with van der Waals surface area (Å²) in [6.07, 6.45) is -1.25. The predicted octanol–water partition coefficient (Wildman–Crippen LogP) is 1.63. The maximum absolute atomic E-state index is 12.6. The molecule has 0 heterocycles. The molecule has 0 rings (SSSR count). The van der Waals surface area contributed by atoms with Gasteiger partial charge in [-0.1, -0.05) is 0 Å². The highest BCUT2D eigenvalue weighted by Gasteiger charge is 2.31. The second-order valence-corrected chi connectivity index (χ2v) is 7.99.